The van der Waals surface area contributed by atoms with Crippen LogP contribution in [0.25, 0.3) is 0 Å². The van der Waals surface area contributed by atoms with Gasteiger partial charge in [0.15, 0.2) is 16.6 Å². The Kier molecular flexibility index (Phi) is 4.80. The van der Waals surface area contributed by atoms with E-state index in [4.69, 9.17) is 9.47 Å². The molecule has 0 radical (unpaired) electrons. The molecule has 0 aliphatic heterocycles. The second-order valence-corrected chi connectivity index (χ2v) is 5.62. The van der Waals surface area contributed by atoms with Crippen LogP contribution in [0, 0.1) is 13.8 Å². The summed E-state index contributed by atoms with van der Waals surface area (Å²) in [7, 11) is 1.55. The maximum absolute atomic E-state index is 12.2. The molecule has 21 heavy (non-hydrogen) atoms. The van der Waals surface area contributed by atoms with Crippen LogP contribution in [0.5, 0.6) is 11.5 Å². The molecule has 2 rings (SSSR count). The average molecular weight is 306 g/mol. The molecule has 1 amide bonds. The molecule has 1 aromatic heterocycles. The summed E-state index contributed by atoms with van der Waals surface area (Å²) in [6.07, 6.45) is 0. The van der Waals surface area contributed by atoms with Gasteiger partial charge < -0.3 is 9.47 Å². The van der Waals surface area contributed by atoms with Crippen LogP contribution in [-0.4, -0.2) is 24.6 Å². The van der Waals surface area contributed by atoms with E-state index in [0.29, 0.717) is 28.8 Å². The summed E-state index contributed by atoms with van der Waals surface area (Å²) in [6, 6.07) is 5.10. The summed E-state index contributed by atoms with van der Waals surface area (Å²) < 4.78 is 10.7. The Labute approximate surface area is 127 Å². The van der Waals surface area contributed by atoms with Gasteiger partial charge in [0.25, 0.3) is 5.91 Å². The first kappa shape index (κ1) is 15.3. The number of thiazole rings is 1. The van der Waals surface area contributed by atoms with Crippen molar-refractivity contribution in [1.29, 1.82) is 0 Å². The van der Waals surface area contributed by atoms with Crippen molar-refractivity contribution in [3.8, 4) is 11.5 Å². The molecule has 2 aromatic rings. The fourth-order valence-corrected chi connectivity index (χ4v) is 2.59. The van der Waals surface area contributed by atoms with Gasteiger partial charge in [-0.2, -0.15) is 0 Å². The van der Waals surface area contributed by atoms with Gasteiger partial charge in [0.1, 0.15) is 0 Å². The number of benzene rings is 1. The van der Waals surface area contributed by atoms with Gasteiger partial charge in [-0.15, -0.1) is 11.3 Å². The average Bonchev–Trinajstić information content (AvgIpc) is 2.77. The predicted octanol–water partition coefficient (Wildman–Crippen LogP) is 3.42. The molecular weight excluding hydrogens is 288 g/mol. The highest BCUT2D eigenvalue weighted by atomic mass is 32.1. The number of nitrogens with one attached hydrogen (secondary N) is 1. The van der Waals surface area contributed by atoms with E-state index < -0.39 is 0 Å². The highest BCUT2D eigenvalue weighted by Crippen LogP contribution is 2.29. The van der Waals surface area contributed by atoms with Gasteiger partial charge in [0, 0.05) is 10.4 Å². The minimum atomic E-state index is -0.218. The Bertz CT molecular complexity index is 633. The summed E-state index contributed by atoms with van der Waals surface area (Å²) >= 11 is 1.46. The van der Waals surface area contributed by atoms with E-state index in [-0.39, 0.29) is 5.91 Å². The van der Waals surface area contributed by atoms with Crippen LogP contribution in [0.3, 0.4) is 0 Å². The van der Waals surface area contributed by atoms with E-state index in [1.54, 1.807) is 25.3 Å². The number of ether oxygens (including phenoxy) is 2. The van der Waals surface area contributed by atoms with Gasteiger partial charge in [0.2, 0.25) is 0 Å². The molecule has 0 unspecified atom stereocenters. The van der Waals surface area contributed by atoms with E-state index >= 15 is 0 Å². The number of rotatable bonds is 5. The molecule has 112 valence electrons. The number of nitrogens with zero attached hydrogens (tertiary/aromatic N) is 1. The minimum Gasteiger partial charge on any atom is -0.493 e. The van der Waals surface area contributed by atoms with E-state index in [1.807, 2.05) is 20.8 Å². The number of carbonyl (C=O) groups is 1. The molecule has 1 heterocycles. The molecule has 0 saturated carbocycles. The van der Waals surface area contributed by atoms with Gasteiger partial charge in [-0.3, -0.25) is 10.1 Å². The number of hydrogen-bond donors (Lipinski definition) is 1. The maximum atomic E-state index is 12.2. The number of aryl methyl sites for hydroxylation is 2. The Morgan fingerprint density at radius 1 is 1.33 bits per heavy atom. The first-order valence-electron chi connectivity index (χ1n) is 6.61. The molecule has 0 fully saturated rings. The molecule has 0 atom stereocenters. The standard InChI is InChI=1S/C15H18N2O3S/c1-5-20-12-7-6-11(8-13(12)19-4)14(18)17-15-16-9(2)10(3)21-15/h6-8H,5H2,1-4H3,(H,16,17,18). The number of amides is 1. The predicted molar refractivity (Wildman–Crippen MR) is 83.7 cm³/mol. The zero-order valence-corrected chi connectivity index (χ0v) is 13.3. The molecule has 6 heteroatoms. The third kappa shape index (κ3) is 3.52. The van der Waals surface area contributed by atoms with E-state index in [9.17, 15) is 4.79 Å². The van der Waals surface area contributed by atoms with Crippen LogP contribution in [0.15, 0.2) is 18.2 Å². The number of anilines is 1. The quantitative estimate of drug-likeness (QED) is 0.919. The Morgan fingerprint density at radius 3 is 2.67 bits per heavy atom. The van der Waals surface area contributed by atoms with E-state index in [0.717, 1.165) is 10.6 Å². The topological polar surface area (TPSA) is 60.5 Å². The first-order chi connectivity index (χ1) is 10.0. The van der Waals surface area contributed by atoms with Crippen molar-refractivity contribution in [1.82, 2.24) is 4.98 Å². The maximum Gasteiger partial charge on any atom is 0.257 e. The highest BCUT2D eigenvalue weighted by molar-refractivity contribution is 7.15. The van der Waals surface area contributed by atoms with E-state index in [1.165, 1.54) is 11.3 Å². The SMILES string of the molecule is CCOc1ccc(C(=O)Nc2nc(C)c(C)s2)cc1OC. The van der Waals surface area contributed by atoms with Gasteiger partial charge in [0.05, 0.1) is 19.4 Å². The van der Waals surface area contributed by atoms with Crippen molar-refractivity contribution in [2.45, 2.75) is 20.8 Å². The number of aromatic nitrogens is 1. The normalized spacial score (nSPS) is 10.3. The van der Waals surface area contributed by atoms with Crippen LogP contribution >= 0.6 is 11.3 Å². The number of methoxy groups -OCH3 is 1. The Balaban J connectivity index is 2.19. The van der Waals surface area contributed by atoms with Crippen LogP contribution in [0.2, 0.25) is 0 Å². The fraction of sp³-hybridized carbons (Fsp3) is 0.333. The van der Waals surface area contributed by atoms with E-state index in [2.05, 4.69) is 10.3 Å². The van der Waals surface area contributed by atoms with Crippen LogP contribution in [0.1, 0.15) is 27.9 Å². The lowest BCUT2D eigenvalue weighted by molar-refractivity contribution is 0.102. The fourth-order valence-electron chi connectivity index (χ4n) is 1.78. The minimum absolute atomic E-state index is 0.218. The van der Waals surface area contributed by atoms with Crippen LogP contribution < -0.4 is 14.8 Å². The first-order valence-corrected chi connectivity index (χ1v) is 7.43. The van der Waals surface area contributed by atoms with Gasteiger partial charge >= 0.3 is 0 Å². The lowest BCUT2D eigenvalue weighted by Gasteiger charge is -2.10. The number of hydrogen-bond acceptors (Lipinski definition) is 5. The van der Waals surface area contributed by atoms with Gasteiger partial charge in [-0.1, -0.05) is 0 Å². The zero-order valence-electron chi connectivity index (χ0n) is 12.5. The second-order valence-electron chi connectivity index (χ2n) is 4.41. The van der Waals surface area contributed by atoms with Gasteiger partial charge in [-0.05, 0) is 39.0 Å². The molecule has 0 saturated heterocycles. The lowest BCUT2D eigenvalue weighted by atomic mass is 10.2. The molecular formula is C15H18N2O3S. The largest absolute Gasteiger partial charge is 0.493 e. The summed E-state index contributed by atoms with van der Waals surface area (Å²) in [5, 5.41) is 3.39. The second kappa shape index (κ2) is 6.58. The highest BCUT2D eigenvalue weighted by Gasteiger charge is 2.13. The Hall–Kier alpha value is -2.08. The molecule has 0 aliphatic carbocycles. The van der Waals surface area contributed by atoms with Crippen molar-refractivity contribution >= 4 is 22.4 Å². The molecule has 0 aliphatic rings. The van der Waals surface area contributed by atoms with Crippen molar-refractivity contribution in [3.63, 3.8) is 0 Å². The summed E-state index contributed by atoms with van der Waals surface area (Å²) in [5.41, 5.74) is 1.43. The molecule has 1 aromatic carbocycles. The summed E-state index contributed by atoms with van der Waals surface area (Å²) in [6.45, 7) is 6.33. The third-order valence-electron chi connectivity index (χ3n) is 2.97. The van der Waals surface area contributed by atoms with Crippen molar-refractivity contribution in [2.75, 3.05) is 19.0 Å². The molecule has 1 N–H and O–H groups in total. The monoisotopic (exact) mass is 306 g/mol. The lowest BCUT2D eigenvalue weighted by Crippen LogP contribution is -2.12. The smallest absolute Gasteiger partial charge is 0.257 e. The third-order valence-corrected chi connectivity index (χ3v) is 3.96. The van der Waals surface area contributed by atoms with Crippen LogP contribution in [0.4, 0.5) is 5.13 Å². The molecule has 0 bridgehead atoms. The zero-order chi connectivity index (χ0) is 15.4. The summed E-state index contributed by atoms with van der Waals surface area (Å²) in [5.74, 6) is 0.943. The van der Waals surface area contributed by atoms with Crippen molar-refractivity contribution in [2.24, 2.45) is 0 Å². The number of carbonyl (C=O) groups excluding carboxylic acids is 1. The van der Waals surface area contributed by atoms with Crippen molar-refractivity contribution in [3.05, 3.63) is 34.3 Å². The van der Waals surface area contributed by atoms with Crippen molar-refractivity contribution < 1.29 is 14.3 Å². The molecule has 0 spiro atoms. The van der Waals surface area contributed by atoms with Gasteiger partial charge in [-0.25, -0.2) is 4.98 Å². The Morgan fingerprint density at radius 2 is 2.10 bits per heavy atom. The summed E-state index contributed by atoms with van der Waals surface area (Å²) in [4.78, 5) is 17.6. The van der Waals surface area contributed by atoms with Crippen LogP contribution in [-0.2, 0) is 0 Å². The molecule has 5 nitrogen and oxygen atoms in total.